The van der Waals surface area contributed by atoms with Gasteiger partial charge in [0.2, 0.25) is 0 Å². The highest BCUT2D eigenvalue weighted by Gasteiger charge is 2.09. The lowest BCUT2D eigenvalue weighted by Crippen LogP contribution is -2.20. The lowest BCUT2D eigenvalue weighted by Gasteiger charge is -2.13. The number of nitrogens with one attached hydrogen (secondary N) is 1. The summed E-state index contributed by atoms with van der Waals surface area (Å²) in [5.41, 5.74) is 4.34. The zero-order chi connectivity index (χ0) is 19.2. The number of allylic oxidation sites excluding steroid dienone is 5. The summed E-state index contributed by atoms with van der Waals surface area (Å²) in [6.07, 6.45) is 14.8. The van der Waals surface area contributed by atoms with Crippen LogP contribution in [0.25, 0.3) is 0 Å². The minimum atomic E-state index is 0.0961. The van der Waals surface area contributed by atoms with Crippen molar-refractivity contribution >= 4 is 29.7 Å². The molecule has 0 bridgehead atoms. The molecule has 1 aromatic heterocycles. The van der Waals surface area contributed by atoms with E-state index in [2.05, 4.69) is 56.2 Å². The molecular weight excluding hydrogens is 362 g/mol. The number of hydrogen-bond donors (Lipinski definition) is 2. The van der Waals surface area contributed by atoms with Crippen LogP contribution >= 0.6 is 23.7 Å². The van der Waals surface area contributed by atoms with Gasteiger partial charge in [-0.1, -0.05) is 46.9 Å². The van der Waals surface area contributed by atoms with Crippen LogP contribution in [0.15, 0.2) is 51.8 Å². The summed E-state index contributed by atoms with van der Waals surface area (Å²) in [5.74, 6) is 1.90. The second-order valence-corrected chi connectivity index (χ2v) is 8.52. The van der Waals surface area contributed by atoms with E-state index in [4.69, 9.17) is 9.56 Å². The van der Waals surface area contributed by atoms with Gasteiger partial charge < -0.3 is 9.73 Å². The summed E-state index contributed by atoms with van der Waals surface area (Å²) < 4.78 is 5.19. The number of hydrogen-bond acceptors (Lipinski definition) is 6. The van der Waals surface area contributed by atoms with Crippen molar-refractivity contribution in [2.75, 3.05) is 16.8 Å². The molecule has 0 amide bonds. The molecule has 0 aliphatic heterocycles. The molecule has 4 nitrogen and oxygen atoms in total. The first-order valence-electron chi connectivity index (χ1n) is 9.05. The molecular formula is C20H33N3OS2. The molecule has 1 atom stereocenters. The Bertz CT molecular complexity index is 576. The Morgan fingerprint density at radius 3 is 2.46 bits per heavy atom. The van der Waals surface area contributed by atoms with Gasteiger partial charge in [0.05, 0.1) is 11.6 Å². The third-order valence-electron chi connectivity index (χ3n) is 3.82. The molecule has 26 heavy (non-hydrogen) atoms. The van der Waals surface area contributed by atoms with Gasteiger partial charge in [-0.2, -0.15) is 11.8 Å². The maximum absolute atomic E-state index is 5.72. The monoisotopic (exact) mass is 395 g/mol. The van der Waals surface area contributed by atoms with E-state index in [-0.39, 0.29) is 5.37 Å². The van der Waals surface area contributed by atoms with Crippen molar-refractivity contribution in [3.63, 3.8) is 0 Å². The van der Waals surface area contributed by atoms with Gasteiger partial charge in [-0.3, -0.25) is 5.14 Å². The fourth-order valence-electron chi connectivity index (χ4n) is 2.26. The Balaban J connectivity index is 2.19. The highest BCUT2D eigenvalue weighted by molar-refractivity contribution is 8.02. The van der Waals surface area contributed by atoms with Crippen LogP contribution in [0.3, 0.4) is 0 Å². The number of oxazole rings is 1. The van der Waals surface area contributed by atoms with Crippen molar-refractivity contribution in [3.8, 4) is 0 Å². The van der Waals surface area contributed by atoms with Gasteiger partial charge in [0.15, 0.2) is 0 Å². The Hall–Kier alpha value is -1.11. The SMILES string of the molecule is CC(C)=CCC/C(C)=C/CC/C(C)=C/CSCC(Nc1ncco1)SN. The van der Waals surface area contributed by atoms with Crippen molar-refractivity contribution in [2.24, 2.45) is 5.14 Å². The second kappa shape index (κ2) is 14.0. The van der Waals surface area contributed by atoms with E-state index in [1.54, 1.807) is 12.5 Å². The smallest absolute Gasteiger partial charge is 0.295 e. The van der Waals surface area contributed by atoms with Crippen molar-refractivity contribution in [1.82, 2.24) is 4.98 Å². The quantitative estimate of drug-likeness (QED) is 0.180. The average molecular weight is 396 g/mol. The first-order chi connectivity index (χ1) is 12.5. The van der Waals surface area contributed by atoms with Gasteiger partial charge >= 0.3 is 0 Å². The Morgan fingerprint density at radius 2 is 1.85 bits per heavy atom. The number of nitrogens with two attached hydrogens (primary N) is 1. The summed E-state index contributed by atoms with van der Waals surface area (Å²) >= 11 is 3.15. The summed E-state index contributed by atoms with van der Waals surface area (Å²) in [7, 11) is 0. The molecule has 1 heterocycles. The molecule has 1 unspecified atom stereocenters. The van der Waals surface area contributed by atoms with E-state index < -0.39 is 0 Å². The molecule has 0 saturated carbocycles. The van der Waals surface area contributed by atoms with E-state index >= 15 is 0 Å². The molecule has 0 aromatic carbocycles. The summed E-state index contributed by atoms with van der Waals surface area (Å²) in [5, 5.41) is 8.99. The molecule has 0 aliphatic rings. The van der Waals surface area contributed by atoms with Crippen LogP contribution in [-0.4, -0.2) is 21.9 Å². The first-order valence-corrected chi connectivity index (χ1v) is 11.1. The zero-order valence-electron chi connectivity index (χ0n) is 16.5. The standard InChI is InChI=1S/C20H33N3OS2/c1-16(2)7-5-8-17(3)9-6-10-18(4)11-14-25-15-19(26-21)23-20-22-12-13-24-20/h7,9,11-13,19H,5-6,8,10,14-15,21H2,1-4H3,(H,22,23)/b17-9+,18-11+. The third kappa shape index (κ3) is 11.5. The Labute approximate surface area is 167 Å². The molecule has 0 fully saturated rings. The maximum Gasteiger partial charge on any atom is 0.295 e. The highest BCUT2D eigenvalue weighted by atomic mass is 32.2. The van der Waals surface area contributed by atoms with Crippen molar-refractivity contribution in [2.45, 2.75) is 58.8 Å². The van der Waals surface area contributed by atoms with Gasteiger partial charge in [-0.15, -0.1) is 0 Å². The van der Waals surface area contributed by atoms with Crippen LogP contribution in [-0.2, 0) is 0 Å². The van der Waals surface area contributed by atoms with Crippen LogP contribution in [0.4, 0.5) is 6.01 Å². The lowest BCUT2D eigenvalue weighted by molar-refractivity contribution is 0.571. The average Bonchev–Trinajstić information content (AvgIpc) is 3.10. The molecule has 0 aliphatic carbocycles. The van der Waals surface area contributed by atoms with Crippen molar-refractivity contribution in [3.05, 3.63) is 47.4 Å². The van der Waals surface area contributed by atoms with E-state index in [9.17, 15) is 0 Å². The third-order valence-corrected chi connectivity index (χ3v) is 5.62. The fourth-order valence-corrected chi connectivity index (χ4v) is 3.87. The summed E-state index contributed by atoms with van der Waals surface area (Å²) in [6.45, 7) is 8.76. The van der Waals surface area contributed by atoms with Gasteiger partial charge in [0.25, 0.3) is 6.01 Å². The molecule has 0 radical (unpaired) electrons. The van der Waals surface area contributed by atoms with Crippen LogP contribution < -0.4 is 10.5 Å². The molecule has 6 heteroatoms. The van der Waals surface area contributed by atoms with Crippen LogP contribution in [0, 0.1) is 0 Å². The molecule has 0 saturated heterocycles. The number of anilines is 1. The largest absolute Gasteiger partial charge is 0.432 e. The zero-order valence-corrected chi connectivity index (χ0v) is 18.1. The topological polar surface area (TPSA) is 64.1 Å². The fraction of sp³-hybridized carbons (Fsp3) is 0.550. The Kier molecular flexibility index (Phi) is 12.4. The summed E-state index contributed by atoms with van der Waals surface area (Å²) in [4.78, 5) is 4.06. The molecule has 146 valence electrons. The minimum absolute atomic E-state index is 0.0961. The van der Waals surface area contributed by atoms with Gasteiger partial charge in [0, 0.05) is 11.5 Å². The first kappa shape index (κ1) is 22.9. The Morgan fingerprint density at radius 1 is 1.15 bits per heavy atom. The number of nitrogens with zero attached hydrogens (tertiary/aromatic N) is 1. The highest BCUT2D eigenvalue weighted by Crippen LogP contribution is 2.16. The van der Waals surface area contributed by atoms with Crippen LogP contribution in [0.1, 0.15) is 53.4 Å². The van der Waals surface area contributed by atoms with Crippen molar-refractivity contribution in [1.29, 1.82) is 0 Å². The molecule has 1 rings (SSSR count). The molecule has 0 spiro atoms. The number of aromatic nitrogens is 1. The molecule has 1 aromatic rings. The predicted octanol–water partition coefficient (Wildman–Crippen LogP) is 6.17. The van der Waals surface area contributed by atoms with Crippen LogP contribution in [0.2, 0.25) is 0 Å². The lowest BCUT2D eigenvalue weighted by atomic mass is 10.1. The molecule has 3 N–H and O–H groups in total. The second-order valence-electron chi connectivity index (χ2n) is 6.60. The number of rotatable bonds is 13. The number of thioether (sulfide) groups is 1. The van der Waals surface area contributed by atoms with E-state index in [1.807, 2.05) is 11.8 Å². The van der Waals surface area contributed by atoms with Gasteiger partial charge in [-0.25, -0.2) is 4.98 Å². The van der Waals surface area contributed by atoms with Gasteiger partial charge in [-0.05, 0) is 53.4 Å². The minimum Gasteiger partial charge on any atom is -0.432 e. The normalized spacial score (nSPS) is 13.6. The van der Waals surface area contributed by atoms with E-state index in [0.717, 1.165) is 30.8 Å². The van der Waals surface area contributed by atoms with E-state index in [0.29, 0.717) is 6.01 Å². The maximum atomic E-state index is 5.72. The van der Waals surface area contributed by atoms with Crippen LogP contribution in [0.5, 0.6) is 0 Å². The van der Waals surface area contributed by atoms with E-state index in [1.165, 1.54) is 35.1 Å². The van der Waals surface area contributed by atoms with Gasteiger partial charge in [0.1, 0.15) is 6.26 Å². The predicted molar refractivity (Wildman–Crippen MR) is 118 cm³/mol. The van der Waals surface area contributed by atoms with Crippen molar-refractivity contribution < 1.29 is 4.42 Å². The summed E-state index contributed by atoms with van der Waals surface area (Å²) in [6, 6.07) is 0.520.